The molecular weight excluding hydrogens is 312 g/mol. The Bertz CT molecular complexity index is 475. The molecule has 1 saturated carbocycles. The van der Waals surface area contributed by atoms with E-state index in [2.05, 4.69) is 17.4 Å². The van der Waals surface area contributed by atoms with Gasteiger partial charge in [0.25, 0.3) is 0 Å². The number of nitrogens with two attached hydrogens (primary N) is 1. The Morgan fingerprint density at radius 2 is 2.18 bits per heavy atom. The van der Waals surface area contributed by atoms with Crippen molar-refractivity contribution in [3.8, 4) is 0 Å². The van der Waals surface area contributed by atoms with Crippen molar-refractivity contribution >= 4 is 35.1 Å². The van der Waals surface area contributed by atoms with Crippen molar-refractivity contribution in [2.24, 2.45) is 5.73 Å². The molecule has 2 rings (SSSR count). The number of hydrogen-bond acceptors (Lipinski definition) is 4. The quantitative estimate of drug-likeness (QED) is 0.755. The van der Waals surface area contributed by atoms with Crippen LogP contribution in [0.5, 0.6) is 0 Å². The van der Waals surface area contributed by atoms with E-state index in [1.165, 1.54) is 31.2 Å². The van der Waals surface area contributed by atoms with Crippen molar-refractivity contribution in [1.82, 2.24) is 0 Å². The third-order valence-corrected chi connectivity index (χ3v) is 6.04. The van der Waals surface area contributed by atoms with E-state index in [4.69, 9.17) is 5.73 Å². The Hall–Kier alpha value is -0.650. The lowest BCUT2D eigenvalue weighted by Crippen LogP contribution is -2.36. The molecule has 0 aromatic heterocycles. The fraction of sp³-hybridized carbons (Fsp3) is 0.588. The molecule has 22 heavy (non-hydrogen) atoms. The molecule has 1 aliphatic carbocycles. The van der Waals surface area contributed by atoms with Crippen LogP contribution in [0.4, 0.5) is 5.69 Å². The van der Waals surface area contributed by atoms with Crippen LogP contribution in [0, 0.1) is 0 Å². The van der Waals surface area contributed by atoms with Gasteiger partial charge in [-0.2, -0.15) is 23.5 Å². The Labute approximate surface area is 142 Å². The fourth-order valence-electron chi connectivity index (χ4n) is 2.62. The summed E-state index contributed by atoms with van der Waals surface area (Å²) in [5.41, 5.74) is 8.03. The van der Waals surface area contributed by atoms with Crippen LogP contribution in [0.2, 0.25) is 0 Å². The van der Waals surface area contributed by atoms with Crippen LogP contribution in [-0.2, 0) is 10.5 Å². The lowest BCUT2D eigenvalue weighted by molar-refractivity contribution is -0.117. The minimum atomic E-state index is -0.427. The van der Waals surface area contributed by atoms with Gasteiger partial charge in [-0.1, -0.05) is 25.0 Å². The second kappa shape index (κ2) is 9.48. The summed E-state index contributed by atoms with van der Waals surface area (Å²) >= 11 is 3.75. The minimum absolute atomic E-state index is 0.0883. The highest BCUT2D eigenvalue weighted by molar-refractivity contribution is 7.99. The SMILES string of the molecule is CSCC[C@H](N)C(=O)Nc1cccc(CSC2CCCC2)c1. The summed E-state index contributed by atoms with van der Waals surface area (Å²) in [7, 11) is 0. The normalized spacial score (nSPS) is 16.6. The number of rotatable bonds is 8. The Morgan fingerprint density at radius 3 is 2.91 bits per heavy atom. The van der Waals surface area contributed by atoms with Crippen LogP contribution in [0.1, 0.15) is 37.7 Å². The third-order valence-electron chi connectivity index (χ3n) is 3.95. The molecule has 1 aliphatic rings. The Balaban J connectivity index is 1.83. The number of hydrogen-bond donors (Lipinski definition) is 2. The predicted molar refractivity (Wildman–Crippen MR) is 99.6 cm³/mol. The summed E-state index contributed by atoms with van der Waals surface area (Å²) in [4.78, 5) is 12.0. The zero-order valence-electron chi connectivity index (χ0n) is 13.2. The van der Waals surface area contributed by atoms with Gasteiger partial charge in [0.15, 0.2) is 0 Å². The average molecular weight is 339 g/mol. The second-order valence-corrected chi connectivity index (χ2v) is 8.07. The van der Waals surface area contributed by atoms with Gasteiger partial charge >= 0.3 is 0 Å². The average Bonchev–Trinajstić information content (AvgIpc) is 3.04. The zero-order valence-corrected chi connectivity index (χ0v) is 14.8. The van der Waals surface area contributed by atoms with Crippen LogP contribution < -0.4 is 11.1 Å². The highest BCUT2D eigenvalue weighted by atomic mass is 32.2. The molecule has 0 bridgehead atoms. The summed E-state index contributed by atoms with van der Waals surface area (Å²) in [5.74, 6) is 1.84. The number of carbonyl (C=O) groups excluding carboxylic acids is 1. The van der Waals surface area contributed by atoms with Gasteiger partial charge in [-0.3, -0.25) is 4.79 Å². The van der Waals surface area contributed by atoms with Crippen LogP contribution in [0.25, 0.3) is 0 Å². The standard InChI is InChI=1S/C17H26N2OS2/c1-21-10-9-16(18)17(20)19-14-6-4-5-13(11-14)12-22-15-7-2-3-8-15/h4-6,11,15-16H,2-3,7-10,12,18H2,1H3,(H,19,20)/t16-/m0/s1. The topological polar surface area (TPSA) is 55.1 Å². The van der Waals surface area contributed by atoms with Crippen LogP contribution in [0.3, 0.4) is 0 Å². The molecule has 122 valence electrons. The summed E-state index contributed by atoms with van der Waals surface area (Å²) in [6, 6.07) is 7.71. The minimum Gasteiger partial charge on any atom is -0.325 e. The second-order valence-electron chi connectivity index (χ2n) is 5.80. The van der Waals surface area contributed by atoms with Crippen molar-refractivity contribution < 1.29 is 4.79 Å². The molecule has 1 aromatic rings. The molecule has 1 fully saturated rings. The van der Waals surface area contributed by atoms with Crippen LogP contribution >= 0.6 is 23.5 Å². The van der Waals surface area contributed by atoms with Gasteiger partial charge in [0.05, 0.1) is 6.04 Å². The summed E-state index contributed by atoms with van der Waals surface area (Å²) in [5, 5.41) is 3.75. The Morgan fingerprint density at radius 1 is 1.41 bits per heavy atom. The largest absolute Gasteiger partial charge is 0.325 e. The third kappa shape index (κ3) is 5.86. The number of anilines is 1. The predicted octanol–water partition coefficient (Wildman–Crippen LogP) is 3.88. The molecule has 0 aliphatic heterocycles. The van der Waals surface area contributed by atoms with E-state index in [1.807, 2.05) is 30.2 Å². The molecule has 0 saturated heterocycles. The van der Waals surface area contributed by atoms with Crippen molar-refractivity contribution in [2.45, 2.75) is 49.1 Å². The van der Waals surface area contributed by atoms with E-state index >= 15 is 0 Å². The fourth-order valence-corrected chi connectivity index (χ4v) is 4.38. The molecule has 1 aromatic carbocycles. The van der Waals surface area contributed by atoms with Crippen molar-refractivity contribution in [2.75, 3.05) is 17.3 Å². The van der Waals surface area contributed by atoms with Gasteiger partial charge in [0, 0.05) is 16.7 Å². The molecule has 0 spiro atoms. The van der Waals surface area contributed by atoms with Crippen LogP contribution in [0.15, 0.2) is 24.3 Å². The van der Waals surface area contributed by atoms with E-state index in [0.717, 1.165) is 22.4 Å². The van der Waals surface area contributed by atoms with Gasteiger partial charge < -0.3 is 11.1 Å². The molecular formula is C17H26N2OS2. The van der Waals surface area contributed by atoms with Gasteiger partial charge in [-0.05, 0) is 49.0 Å². The van der Waals surface area contributed by atoms with Crippen molar-refractivity contribution in [1.29, 1.82) is 0 Å². The molecule has 3 nitrogen and oxygen atoms in total. The maximum atomic E-state index is 12.0. The maximum Gasteiger partial charge on any atom is 0.241 e. The van der Waals surface area contributed by atoms with E-state index in [9.17, 15) is 4.79 Å². The van der Waals surface area contributed by atoms with Crippen molar-refractivity contribution in [3.05, 3.63) is 29.8 Å². The lowest BCUT2D eigenvalue weighted by atomic mass is 10.2. The first kappa shape index (κ1) is 17.7. The van der Waals surface area contributed by atoms with E-state index in [-0.39, 0.29) is 5.91 Å². The summed E-state index contributed by atoms with van der Waals surface area (Å²) < 4.78 is 0. The molecule has 0 unspecified atom stereocenters. The van der Waals surface area contributed by atoms with E-state index in [0.29, 0.717) is 6.42 Å². The lowest BCUT2D eigenvalue weighted by Gasteiger charge is -2.13. The number of thioether (sulfide) groups is 2. The molecule has 0 radical (unpaired) electrons. The monoisotopic (exact) mass is 338 g/mol. The summed E-state index contributed by atoms with van der Waals surface area (Å²) in [6.07, 6.45) is 8.19. The first-order valence-electron chi connectivity index (χ1n) is 7.95. The van der Waals surface area contributed by atoms with E-state index in [1.54, 1.807) is 11.8 Å². The van der Waals surface area contributed by atoms with Crippen LogP contribution in [-0.4, -0.2) is 29.2 Å². The zero-order chi connectivity index (χ0) is 15.8. The van der Waals surface area contributed by atoms with Gasteiger partial charge in [0.1, 0.15) is 0 Å². The molecule has 0 heterocycles. The number of benzene rings is 1. The van der Waals surface area contributed by atoms with Crippen molar-refractivity contribution in [3.63, 3.8) is 0 Å². The van der Waals surface area contributed by atoms with Gasteiger partial charge in [-0.25, -0.2) is 0 Å². The number of amides is 1. The first-order valence-corrected chi connectivity index (χ1v) is 10.4. The number of nitrogens with one attached hydrogen (secondary N) is 1. The van der Waals surface area contributed by atoms with Gasteiger partial charge in [-0.15, -0.1) is 0 Å². The molecule has 1 amide bonds. The molecule has 1 atom stereocenters. The smallest absolute Gasteiger partial charge is 0.241 e. The van der Waals surface area contributed by atoms with E-state index < -0.39 is 6.04 Å². The summed E-state index contributed by atoms with van der Waals surface area (Å²) in [6.45, 7) is 0. The number of carbonyl (C=O) groups is 1. The molecule has 5 heteroatoms. The first-order chi connectivity index (χ1) is 10.7. The Kier molecular flexibility index (Phi) is 7.63. The maximum absolute atomic E-state index is 12.0. The molecule has 3 N–H and O–H groups in total. The highest BCUT2D eigenvalue weighted by Crippen LogP contribution is 2.31. The van der Waals surface area contributed by atoms with Gasteiger partial charge in [0.2, 0.25) is 5.91 Å². The highest BCUT2D eigenvalue weighted by Gasteiger charge is 2.16.